The fourth-order valence-corrected chi connectivity index (χ4v) is 1.68. The zero-order chi connectivity index (χ0) is 13.1. The third-order valence-corrected chi connectivity index (χ3v) is 2.55. The first-order chi connectivity index (χ1) is 8.56. The number of aromatic carboxylic acids is 1. The van der Waals surface area contributed by atoms with Gasteiger partial charge in [0.05, 0.1) is 5.56 Å². The topological polar surface area (TPSA) is 80.4 Å². The van der Waals surface area contributed by atoms with Crippen LogP contribution in [0, 0.1) is 0 Å². The van der Waals surface area contributed by atoms with E-state index < -0.39 is 11.9 Å². The Bertz CT molecular complexity index is 659. The van der Waals surface area contributed by atoms with Crippen molar-refractivity contribution < 1.29 is 14.7 Å². The van der Waals surface area contributed by atoms with Gasteiger partial charge in [-0.05, 0) is 40.6 Å². The van der Waals surface area contributed by atoms with Crippen LogP contribution < -0.4 is 5.73 Å². The van der Waals surface area contributed by atoms with E-state index in [4.69, 9.17) is 10.8 Å². The van der Waals surface area contributed by atoms with Gasteiger partial charge in [0.1, 0.15) is 0 Å². The summed E-state index contributed by atoms with van der Waals surface area (Å²) in [4.78, 5) is 21.5. The molecule has 0 aliphatic carbocycles. The maximum absolute atomic E-state index is 10.8. The average Bonchev–Trinajstić information content (AvgIpc) is 2.35. The Morgan fingerprint density at radius 2 is 1.72 bits per heavy atom. The van der Waals surface area contributed by atoms with Gasteiger partial charge in [-0.1, -0.05) is 18.2 Å². The smallest absolute Gasteiger partial charge is 0.335 e. The van der Waals surface area contributed by atoms with Gasteiger partial charge in [0.25, 0.3) is 0 Å². The first kappa shape index (κ1) is 11.9. The Hall–Kier alpha value is -2.62. The second-order valence-electron chi connectivity index (χ2n) is 3.86. The summed E-state index contributed by atoms with van der Waals surface area (Å²) in [5.74, 6) is -1.45. The molecule has 4 heteroatoms. The van der Waals surface area contributed by atoms with Crippen molar-refractivity contribution >= 4 is 28.7 Å². The third kappa shape index (κ3) is 2.55. The van der Waals surface area contributed by atoms with Crippen molar-refractivity contribution in [1.82, 2.24) is 0 Å². The monoisotopic (exact) mass is 241 g/mol. The van der Waals surface area contributed by atoms with Crippen molar-refractivity contribution in [2.24, 2.45) is 5.73 Å². The van der Waals surface area contributed by atoms with Crippen molar-refractivity contribution in [1.29, 1.82) is 0 Å². The van der Waals surface area contributed by atoms with Crippen LogP contribution in [-0.4, -0.2) is 17.0 Å². The van der Waals surface area contributed by atoms with Crippen LogP contribution in [0.1, 0.15) is 15.9 Å². The van der Waals surface area contributed by atoms with Crippen LogP contribution in [0.5, 0.6) is 0 Å². The quantitative estimate of drug-likeness (QED) is 0.807. The molecule has 4 nitrogen and oxygen atoms in total. The van der Waals surface area contributed by atoms with E-state index in [1.54, 1.807) is 30.3 Å². The molecule has 1 amide bonds. The highest BCUT2D eigenvalue weighted by atomic mass is 16.4. The van der Waals surface area contributed by atoms with Crippen LogP contribution in [-0.2, 0) is 4.79 Å². The predicted molar refractivity (Wildman–Crippen MR) is 69.1 cm³/mol. The summed E-state index contributed by atoms with van der Waals surface area (Å²) in [5, 5.41) is 10.6. The highest BCUT2D eigenvalue weighted by Gasteiger charge is 2.03. The van der Waals surface area contributed by atoms with E-state index >= 15 is 0 Å². The van der Waals surface area contributed by atoms with E-state index in [9.17, 15) is 9.59 Å². The fraction of sp³-hybridized carbons (Fsp3) is 0. The average molecular weight is 241 g/mol. The second kappa shape index (κ2) is 4.71. The molecule has 0 aliphatic heterocycles. The molecule has 0 spiro atoms. The van der Waals surface area contributed by atoms with Crippen molar-refractivity contribution in [3.63, 3.8) is 0 Å². The van der Waals surface area contributed by atoms with E-state index in [0.717, 1.165) is 16.3 Å². The van der Waals surface area contributed by atoms with Gasteiger partial charge >= 0.3 is 5.97 Å². The summed E-state index contributed by atoms with van der Waals surface area (Å²) in [6, 6.07) is 10.4. The summed E-state index contributed by atoms with van der Waals surface area (Å²) in [6.07, 6.45) is 2.90. The van der Waals surface area contributed by atoms with Crippen LogP contribution in [0.4, 0.5) is 0 Å². The summed E-state index contributed by atoms with van der Waals surface area (Å²) >= 11 is 0. The van der Waals surface area contributed by atoms with Crippen LogP contribution in [0.15, 0.2) is 42.5 Å². The molecule has 0 saturated heterocycles. The molecule has 0 atom stereocenters. The molecule has 0 aromatic heterocycles. The molecule has 0 fully saturated rings. The Labute approximate surface area is 103 Å². The standard InChI is InChI=1S/C14H11NO3/c15-13(16)6-2-9-1-3-11-8-12(14(17)18)5-4-10(11)7-9/h1-8H,(H2,15,16)(H,17,18). The summed E-state index contributed by atoms with van der Waals surface area (Å²) in [7, 11) is 0. The van der Waals surface area contributed by atoms with E-state index in [1.807, 2.05) is 12.1 Å². The lowest BCUT2D eigenvalue weighted by atomic mass is 10.0. The Balaban J connectivity index is 2.44. The highest BCUT2D eigenvalue weighted by Crippen LogP contribution is 2.18. The van der Waals surface area contributed by atoms with Gasteiger partial charge in [0, 0.05) is 6.08 Å². The van der Waals surface area contributed by atoms with Crippen molar-refractivity contribution in [2.75, 3.05) is 0 Å². The third-order valence-electron chi connectivity index (χ3n) is 2.55. The fourth-order valence-electron chi connectivity index (χ4n) is 1.68. The van der Waals surface area contributed by atoms with Gasteiger partial charge in [-0.15, -0.1) is 0 Å². The number of carboxylic acids is 1. The number of fused-ring (bicyclic) bond motifs is 1. The summed E-state index contributed by atoms with van der Waals surface area (Å²) < 4.78 is 0. The molecule has 0 radical (unpaired) electrons. The minimum absolute atomic E-state index is 0.253. The Morgan fingerprint density at radius 3 is 2.39 bits per heavy atom. The van der Waals surface area contributed by atoms with Gasteiger partial charge in [0.2, 0.25) is 5.91 Å². The lowest BCUT2D eigenvalue weighted by Gasteiger charge is -2.01. The normalized spacial score (nSPS) is 10.9. The van der Waals surface area contributed by atoms with Crippen molar-refractivity contribution in [2.45, 2.75) is 0 Å². The van der Waals surface area contributed by atoms with Crippen LogP contribution in [0.3, 0.4) is 0 Å². The number of hydrogen-bond acceptors (Lipinski definition) is 2. The van der Waals surface area contributed by atoms with E-state index in [1.165, 1.54) is 6.08 Å². The minimum Gasteiger partial charge on any atom is -0.478 e. The number of benzene rings is 2. The predicted octanol–water partition coefficient (Wildman–Crippen LogP) is 2.04. The second-order valence-corrected chi connectivity index (χ2v) is 3.86. The largest absolute Gasteiger partial charge is 0.478 e. The number of primary amides is 1. The van der Waals surface area contributed by atoms with E-state index in [-0.39, 0.29) is 5.56 Å². The molecule has 2 aromatic carbocycles. The van der Waals surface area contributed by atoms with Gasteiger partial charge in [-0.25, -0.2) is 4.79 Å². The minimum atomic E-state index is -0.949. The maximum atomic E-state index is 10.8. The molecule has 3 N–H and O–H groups in total. The number of carbonyl (C=O) groups is 2. The van der Waals surface area contributed by atoms with Crippen LogP contribution >= 0.6 is 0 Å². The first-order valence-corrected chi connectivity index (χ1v) is 5.31. The van der Waals surface area contributed by atoms with Crippen LogP contribution in [0.2, 0.25) is 0 Å². The lowest BCUT2D eigenvalue weighted by Crippen LogP contribution is -2.05. The summed E-state index contributed by atoms with van der Waals surface area (Å²) in [6.45, 7) is 0. The molecule has 2 rings (SSSR count). The molecule has 18 heavy (non-hydrogen) atoms. The number of carboxylic acid groups (broad SMARTS) is 1. The molecule has 0 heterocycles. The van der Waals surface area contributed by atoms with Gasteiger partial charge < -0.3 is 10.8 Å². The SMILES string of the molecule is NC(=O)C=Cc1ccc2cc(C(=O)O)ccc2c1. The van der Waals surface area contributed by atoms with Gasteiger partial charge in [-0.3, -0.25) is 4.79 Å². The van der Waals surface area contributed by atoms with Gasteiger partial charge in [-0.2, -0.15) is 0 Å². The number of nitrogens with two attached hydrogens (primary N) is 1. The van der Waals surface area contributed by atoms with E-state index in [0.29, 0.717) is 0 Å². The zero-order valence-corrected chi connectivity index (χ0v) is 9.46. The molecule has 0 bridgehead atoms. The van der Waals surface area contributed by atoms with Crippen molar-refractivity contribution in [3.05, 3.63) is 53.6 Å². The molecular weight excluding hydrogens is 230 g/mol. The molecule has 90 valence electrons. The Kier molecular flexibility index (Phi) is 3.10. The van der Waals surface area contributed by atoms with Gasteiger partial charge in [0.15, 0.2) is 0 Å². The molecular formula is C14H11NO3. The lowest BCUT2D eigenvalue weighted by molar-refractivity contribution is -0.113. The summed E-state index contributed by atoms with van der Waals surface area (Å²) in [5.41, 5.74) is 6.11. The first-order valence-electron chi connectivity index (χ1n) is 5.31. The molecule has 2 aromatic rings. The number of hydrogen-bond donors (Lipinski definition) is 2. The number of carbonyl (C=O) groups excluding carboxylic acids is 1. The number of rotatable bonds is 3. The van der Waals surface area contributed by atoms with E-state index in [2.05, 4.69) is 0 Å². The number of amides is 1. The Morgan fingerprint density at radius 1 is 1.06 bits per heavy atom. The maximum Gasteiger partial charge on any atom is 0.335 e. The molecule has 0 unspecified atom stereocenters. The molecule has 0 saturated carbocycles. The highest BCUT2D eigenvalue weighted by molar-refractivity contribution is 5.95. The zero-order valence-electron chi connectivity index (χ0n) is 9.46. The van der Waals surface area contributed by atoms with Crippen LogP contribution in [0.25, 0.3) is 16.8 Å². The molecule has 0 aliphatic rings. The van der Waals surface area contributed by atoms with Crippen molar-refractivity contribution in [3.8, 4) is 0 Å².